The fourth-order valence-corrected chi connectivity index (χ4v) is 2.86. The Kier molecular flexibility index (Phi) is 6.61. The second-order valence-electron chi connectivity index (χ2n) is 7.24. The maximum atomic E-state index is 12.4. The van der Waals surface area contributed by atoms with Gasteiger partial charge in [0.05, 0.1) is 22.4 Å². The van der Waals surface area contributed by atoms with Gasteiger partial charge in [-0.15, -0.1) is 0 Å². The Labute approximate surface area is 175 Å². The predicted octanol–water partition coefficient (Wildman–Crippen LogP) is 2.79. The minimum atomic E-state index is -0.241. The molecular formula is C23H26N4O3. The molecule has 0 unspecified atom stereocenters. The third-order valence-electron chi connectivity index (χ3n) is 4.92. The second kappa shape index (κ2) is 9.35. The highest BCUT2D eigenvalue weighted by Gasteiger charge is 2.09. The average molecular weight is 406 g/mol. The van der Waals surface area contributed by atoms with E-state index in [1.807, 2.05) is 45.9 Å². The number of hydrogen-bond donors (Lipinski definition) is 2. The molecule has 7 heteroatoms. The highest BCUT2D eigenvalue weighted by atomic mass is 16.5. The number of nitrogens with zero attached hydrogens (tertiary/aromatic N) is 2. The maximum Gasteiger partial charge on any atom is 0.258 e. The molecular weight excluding hydrogens is 380 g/mol. The molecule has 0 aliphatic heterocycles. The zero-order chi connectivity index (χ0) is 21.7. The van der Waals surface area contributed by atoms with Gasteiger partial charge in [0.2, 0.25) is 0 Å². The molecule has 2 amide bonds. The van der Waals surface area contributed by atoms with Crippen LogP contribution in [-0.4, -0.2) is 41.5 Å². The van der Waals surface area contributed by atoms with Crippen molar-refractivity contribution in [1.82, 2.24) is 20.6 Å². The van der Waals surface area contributed by atoms with Gasteiger partial charge in [-0.05, 0) is 69.2 Å². The summed E-state index contributed by atoms with van der Waals surface area (Å²) in [7, 11) is 0. The number of aryl methyl sites for hydroxylation is 4. The Bertz CT molecular complexity index is 1100. The van der Waals surface area contributed by atoms with Crippen LogP contribution in [0.1, 0.15) is 32.9 Å². The highest BCUT2D eigenvalue weighted by molar-refractivity contribution is 5.97. The van der Waals surface area contributed by atoms with Crippen molar-refractivity contribution in [3.63, 3.8) is 0 Å². The normalized spacial score (nSPS) is 10.7. The van der Waals surface area contributed by atoms with Gasteiger partial charge in [0.25, 0.3) is 11.8 Å². The van der Waals surface area contributed by atoms with Gasteiger partial charge in [-0.1, -0.05) is 6.07 Å². The Morgan fingerprint density at radius 1 is 0.833 bits per heavy atom. The largest absolute Gasteiger partial charge is 0.484 e. The number of hydrogen-bond acceptors (Lipinski definition) is 5. The van der Waals surface area contributed by atoms with Crippen molar-refractivity contribution in [2.75, 3.05) is 19.7 Å². The molecule has 0 fully saturated rings. The fraction of sp³-hybridized carbons (Fsp3) is 0.304. The standard InChI is InChI=1S/C23H26N4O3/c1-14-5-7-19(11-15(14)2)30-13-22(28)24-9-10-25-23(29)18-6-8-20-21(12-18)27-17(4)16(3)26-20/h5-8,11-12H,9-10,13H2,1-4H3,(H,24,28)(H,25,29). The fourth-order valence-electron chi connectivity index (χ4n) is 2.86. The number of aromatic nitrogens is 2. The van der Waals surface area contributed by atoms with E-state index in [1.54, 1.807) is 18.2 Å². The summed E-state index contributed by atoms with van der Waals surface area (Å²) >= 11 is 0. The predicted molar refractivity (Wildman–Crippen MR) is 116 cm³/mol. The highest BCUT2D eigenvalue weighted by Crippen LogP contribution is 2.16. The molecule has 3 rings (SSSR count). The third kappa shape index (κ3) is 5.31. The number of carbonyl (C=O) groups excluding carboxylic acids is 2. The first kappa shape index (κ1) is 21.2. The zero-order valence-electron chi connectivity index (χ0n) is 17.7. The number of amides is 2. The Balaban J connectivity index is 1.44. The molecule has 30 heavy (non-hydrogen) atoms. The lowest BCUT2D eigenvalue weighted by atomic mass is 10.1. The van der Waals surface area contributed by atoms with Gasteiger partial charge in [0.15, 0.2) is 6.61 Å². The number of fused-ring (bicyclic) bond motifs is 1. The number of ether oxygens (including phenoxy) is 1. The number of rotatable bonds is 7. The summed E-state index contributed by atoms with van der Waals surface area (Å²) in [5.74, 6) is 0.193. The van der Waals surface area contributed by atoms with Crippen molar-refractivity contribution in [1.29, 1.82) is 0 Å². The van der Waals surface area contributed by atoms with Crippen molar-refractivity contribution in [3.8, 4) is 5.75 Å². The topological polar surface area (TPSA) is 93.2 Å². The van der Waals surface area contributed by atoms with E-state index in [-0.39, 0.29) is 18.4 Å². The first-order chi connectivity index (χ1) is 14.3. The van der Waals surface area contributed by atoms with Crippen molar-refractivity contribution >= 4 is 22.8 Å². The van der Waals surface area contributed by atoms with Crippen LogP contribution in [0.15, 0.2) is 36.4 Å². The van der Waals surface area contributed by atoms with E-state index in [9.17, 15) is 9.59 Å². The van der Waals surface area contributed by atoms with Gasteiger partial charge in [-0.25, -0.2) is 9.97 Å². The van der Waals surface area contributed by atoms with E-state index < -0.39 is 0 Å². The summed E-state index contributed by atoms with van der Waals surface area (Å²) in [4.78, 5) is 33.2. The number of nitrogens with one attached hydrogen (secondary N) is 2. The molecule has 0 radical (unpaired) electrons. The van der Waals surface area contributed by atoms with E-state index in [2.05, 4.69) is 20.6 Å². The quantitative estimate of drug-likeness (QED) is 0.589. The van der Waals surface area contributed by atoms with Crippen LogP contribution in [0.2, 0.25) is 0 Å². The molecule has 1 heterocycles. The lowest BCUT2D eigenvalue weighted by Crippen LogP contribution is -2.36. The monoisotopic (exact) mass is 406 g/mol. The van der Waals surface area contributed by atoms with Crippen LogP contribution in [0.25, 0.3) is 11.0 Å². The van der Waals surface area contributed by atoms with E-state index in [1.165, 1.54) is 5.56 Å². The van der Waals surface area contributed by atoms with Crippen LogP contribution in [0.3, 0.4) is 0 Å². The average Bonchev–Trinajstić information content (AvgIpc) is 2.72. The van der Waals surface area contributed by atoms with Crippen molar-refractivity contribution in [2.24, 2.45) is 0 Å². The summed E-state index contributed by atoms with van der Waals surface area (Å²) in [5.41, 5.74) is 5.94. The molecule has 0 atom stereocenters. The van der Waals surface area contributed by atoms with Gasteiger partial charge in [0.1, 0.15) is 5.75 Å². The Morgan fingerprint density at radius 3 is 2.27 bits per heavy atom. The molecule has 2 aromatic carbocycles. The van der Waals surface area contributed by atoms with Crippen molar-refractivity contribution in [3.05, 3.63) is 64.5 Å². The van der Waals surface area contributed by atoms with Gasteiger partial charge >= 0.3 is 0 Å². The molecule has 156 valence electrons. The van der Waals surface area contributed by atoms with Gasteiger partial charge < -0.3 is 15.4 Å². The van der Waals surface area contributed by atoms with Crippen LogP contribution in [0.4, 0.5) is 0 Å². The van der Waals surface area contributed by atoms with Crippen LogP contribution in [0.5, 0.6) is 5.75 Å². The van der Waals surface area contributed by atoms with Gasteiger partial charge in [0, 0.05) is 18.7 Å². The third-order valence-corrected chi connectivity index (χ3v) is 4.92. The maximum absolute atomic E-state index is 12.4. The summed E-state index contributed by atoms with van der Waals surface area (Å²) in [6.07, 6.45) is 0. The molecule has 1 aromatic heterocycles. The Hall–Kier alpha value is -3.48. The molecule has 0 saturated heterocycles. The van der Waals surface area contributed by atoms with E-state index in [0.717, 1.165) is 22.5 Å². The number of carbonyl (C=O) groups is 2. The van der Waals surface area contributed by atoms with Crippen LogP contribution in [0, 0.1) is 27.7 Å². The second-order valence-corrected chi connectivity index (χ2v) is 7.24. The minimum absolute atomic E-state index is 0.0709. The molecule has 0 spiro atoms. The molecule has 7 nitrogen and oxygen atoms in total. The molecule has 0 aliphatic rings. The summed E-state index contributed by atoms with van der Waals surface area (Å²) in [5, 5.41) is 5.52. The first-order valence-corrected chi connectivity index (χ1v) is 9.83. The molecule has 3 aromatic rings. The van der Waals surface area contributed by atoms with E-state index in [4.69, 9.17) is 4.74 Å². The first-order valence-electron chi connectivity index (χ1n) is 9.83. The van der Waals surface area contributed by atoms with Crippen LogP contribution >= 0.6 is 0 Å². The summed E-state index contributed by atoms with van der Waals surface area (Å²) < 4.78 is 5.50. The smallest absolute Gasteiger partial charge is 0.258 e. The summed E-state index contributed by atoms with van der Waals surface area (Å²) in [6.45, 7) is 8.36. The Morgan fingerprint density at radius 2 is 1.53 bits per heavy atom. The molecule has 2 N–H and O–H groups in total. The van der Waals surface area contributed by atoms with Crippen LogP contribution in [-0.2, 0) is 4.79 Å². The minimum Gasteiger partial charge on any atom is -0.484 e. The van der Waals surface area contributed by atoms with Crippen molar-refractivity contribution < 1.29 is 14.3 Å². The van der Waals surface area contributed by atoms with E-state index >= 15 is 0 Å². The van der Waals surface area contributed by atoms with E-state index in [0.29, 0.717) is 29.9 Å². The molecule has 0 bridgehead atoms. The number of benzene rings is 2. The lowest BCUT2D eigenvalue weighted by molar-refractivity contribution is -0.123. The SMILES string of the molecule is Cc1ccc(OCC(=O)NCCNC(=O)c2ccc3nc(C)c(C)nc3c2)cc1C. The lowest BCUT2D eigenvalue weighted by Gasteiger charge is -2.10. The van der Waals surface area contributed by atoms with Gasteiger partial charge in [-0.2, -0.15) is 0 Å². The molecule has 0 aliphatic carbocycles. The summed E-state index contributed by atoms with van der Waals surface area (Å²) in [6, 6.07) is 10.9. The van der Waals surface area contributed by atoms with Gasteiger partial charge in [-0.3, -0.25) is 9.59 Å². The molecule has 0 saturated carbocycles. The van der Waals surface area contributed by atoms with Crippen molar-refractivity contribution in [2.45, 2.75) is 27.7 Å². The zero-order valence-corrected chi connectivity index (χ0v) is 17.7. The van der Waals surface area contributed by atoms with Crippen LogP contribution < -0.4 is 15.4 Å².